The molecule has 0 heterocycles. The van der Waals surface area contributed by atoms with Gasteiger partial charge in [0.1, 0.15) is 12.8 Å². The lowest BCUT2D eigenvalue weighted by Gasteiger charge is -1.80. The minimum atomic E-state index is -1.24. The molecule has 0 saturated carbocycles. The van der Waals surface area contributed by atoms with Crippen molar-refractivity contribution in [2.24, 2.45) is 4.99 Å². The van der Waals surface area contributed by atoms with E-state index >= 15 is 0 Å². The summed E-state index contributed by atoms with van der Waals surface area (Å²) in [6.07, 6.45) is 0.550. The van der Waals surface area contributed by atoms with Gasteiger partial charge in [0.25, 0.3) is 0 Å². The highest BCUT2D eigenvalue weighted by Crippen LogP contribution is 1.66. The van der Waals surface area contributed by atoms with Crippen LogP contribution in [0, 0.1) is 0 Å². The molecule has 0 amide bonds. The van der Waals surface area contributed by atoms with Gasteiger partial charge in [0, 0.05) is 0 Å². The second-order valence-corrected chi connectivity index (χ2v) is 1.20. The van der Waals surface area contributed by atoms with Crippen molar-refractivity contribution in [3.8, 4) is 0 Å². The third-order valence-corrected chi connectivity index (χ3v) is 0.428. The lowest BCUT2D eigenvalue weighted by Crippen LogP contribution is -2.02. The smallest absolute Gasteiger partial charge is 0.346 e. The van der Waals surface area contributed by atoms with Crippen LogP contribution in [0.2, 0.25) is 0 Å². The molecule has 0 rings (SSSR count). The molecule has 5 heteroatoms. The van der Waals surface area contributed by atoms with Gasteiger partial charge in [0.15, 0.2) is 0 Å². The summed E-state index contributed by atoms with van der Waals surface area (Å²) in [5, 5.41) is 15.8. The average Bonchev–Trinajstić information content (AvgIpc) is 1.63. The first-order chi connectivity index (χ1) is 4.13. The lowest BCUT2D eigenvalue weighted by molar-refractivity contribution is -0.135. The SMILES string of the molecule is O=C(O)C=NCC(=O)O. The minimum absolute atomic E-state index is 0.494. The molecule has 0 atom stereocenters. The molecule has 0 fully saturated rings. The molecular weight excluding hydrogens is 126 g/mol. The summed E-state index contributed by atoms with van der Waals surface area (Å²) in [5.41, 5.74) is 0. The summed E-state index contributed by atoms with van der Waals surface area (Å²) < 4.78 is 0. The van der Waals surface area contributed by atoms with Gasteiger partial charge < -0.3 is 10.2 Å². The van der Waals surface area contributed by atoms with Crippen LogP contribution in [0.1, 0.15) is 0 Å². The van der Waals surface area contributed by atoms with Crippen LogP contribution >= 0.6 is 0 Å². The Kier molecular flexibility index (Phi) is 3.04. The molecular formula is C4H5NO4. The third-order valence-electron chi connectivity index (χ3n) is 0.428. The van der Waals surface area contributed by atoms with Crippen LogP contribution < -0.4 is 0 Å². The molecule has 0 saturated heterocycles. The predicted molar refractivity (Wildman–Crippen MR) is 28.6 cm³/mol. The van der Waals surface area contributed by atoms with Gasteiger partial charge in [-0.25, -0.2) is 4.79 Å². The van der Waals surface area contributed by atoms with Crippen molar-refractivity contribution < 1.29 is 19.8 Å². The van der Waals surface area contributed by atoms with Gasteiger partial charge >= 0.3 is 11.9 Å². The van der Waals surface area contributed by atoms with Crippen LogP contribution in [0.25, 0.3) is 0 Å². The summed E-state index contributed by atoms with van der Waals surface area (Å²) in [7, 11) is 0. The van der Waals surface area contributed by atoms with Crippen molar-refractivity contribution in [3.05, 3.63) is 0 Å². The Morgan fingerprint density at radius 2 is 2.00 bits per heavy atom. The maximum atomic E-state index is 9.67. The van der Waals surface area contributed by atoms with Crippen molar-refractivity contribution in [2.75, 3.05) is 6.54 Å². The zero-order chi connectivity index (χ0) is 7.28. The Bertz CT molecular complexity index is 151. The summed E-state index contributed by atoms with van der Waals surface area (Å²) >= 11 is 0. The van der Waals surface area contributed by atoms with Crippen molar-refractivity contribution >= 4 is 18.2 Å². The second-order valence-electron chi connectivity index (χ2n) is 1.20. The van der Waals surface area contributed by atoms with E-state index in [-0.39, 0.29) is 0 Å². The van der Waals surface area contributed by atoms with E-state index in [0.717, 1.165) is 0 Å². The number of aliphatic carboxylic acids is 2. The molecule has 0 aromatic rings. The summed E-state index contributed by atoms with van der Waals surface area (Å²) in [6.45, 7) is -0.494. The minimum Gasteiger partial charge on any atom is -0.480 e. The molecule has 0 radical (unpaired) electrons. The zero-order valence-corrected chi connectivity index (χ0v) is 4.44. The molecule has 9 heavy (non-hydrogen) atoms. The number of carboxylic acids is 2. The monoisotopic (exact) mass is 131 g/mol. The van der Waals surface area contributed by atoms with Crippen LogP contribution in [-0.2, 0) is 9.59 Å². The van der Waals surface area contributed by atoms with Crippen molar-refractivity contribution in [3.63, 3.8) is 0 Å². The summed E-state index contributed by atoms with van der Waals surface area (Å²) in [5.74, 6) is -2.39. The normalized spacial score (nSPS) is 9.78. The molecule has 2 N–H and O–H groups in total. The Labute approximate surface area is 50.6 Å². The van der Waals surface area contributed by atoms with Gasteiger partial charge in [-0.1, -0.05) is 0 Å². The fourth-order valence-corrected chi connectivity index (χ4v) is 0.202. The average molecular weight is 131 g/mol. The predicted octanol–water partition coefficient (Wildman–Crippen LogP) is -0.774. The van der Waals surface area contributed by atoms with Gasteiger partial charge in [-0.05, 0) is 0 Å². The highest BCUT2D eigenvalue weighted by atomic mass is 16.4. The highest BCUT2D eigenvalue weighted by Gasteiger charge is 1.91. The maximum Gasteiger partial charge on any atom is 0.346 e. The van der Waals surface area contributed by atoms with Gasteiger partial charge in [-0.3, -0.25) is 9.79 Å². The van der Waals surface area contributed by atoms with E-state index in [1.54, 1.807) is 0 Å². The number of hydrogen-bond acceptors (Lipinski definition) is 3. The fraction of sp³-hybridized carbons (Fsp3) is 0.250. The highest BCUT2D eigenvalue weighted by molar-refractivity contribution is 6.22. The van der Waals surface area contributed by atoms with Crippen LogP contribution in [-0.4, -0.2) is 34.9 Å². The first-order valence-corrected chi connectivity index (χ1v) is 2.07. The molecule has 5 nitrogen and oxygen atoms in total. The van der Waals surface area contributed by atoms with Crippen molar-refractivity contribution in [1.82, 2.24) is 0 Å². The van der Waals surface area contributed by atoms with Crippen molar-refractivity contribution in [1.29, 1.82) is 0 Å². The van der Waals surface area contributed by atoms with Crippen molar-refractivity contribution in [2.45, 2.75) is 0 Å². The molecule has 0 unspecified atom stereocenters. The Balaban J connectivity index is 3.48. The Morgan fingerprint density at radius 3 is 2.33 bits per heavy atom. The van der Waals surface area contributed by atoms with E-state index in [2.05, 4.69) is 4.99 Å². The fourth-order valence-electron chi connectivity index (χ4n) is 0.202. The van der Waals surface area contributed by atoms with Gasteiger partial charge in [0.2, 0.25) is 0 Å². The maximum absolute atomic E-state index is 9.67. The molecule has 0 aliphatic heterocycles. The Morgan fingerprint density at radius 1 is 1.44 bits per heavy atom. The number of rotatable bonds is 3. The van der Waals surface area contributed by atoms with E-state index in [4.69, 9.17) is 10.2 Å². The van der Waals surface area contributed by atoms with Gasteiger partial charge in [-0.2, -0.15) is 0 Å². The zero-order valence-electron chi connectivity index (χ0n) is 4.44. The quantitative estimate of drug-likeness (QED) is 0.492. The van der Waals surface area contributed by atoms with Crippen LogP contribution in [0.5, 0.6) is 0 Å². The molecule has 0 aromatic heterocycles. The van der Waals surface area contributed by atoms with Crippen LogP contribution in [0.4, 0.5) is 0 Å². The number of carbonyl (C=O) groups is 2. The number of aliphatic imine (C=N–C) groups is 1. The largest absolute Gasteiger partial charge is 0.480 e. The van der Waals surface area contributed by atoms with Gasteiger partial charge in [-0.15, -0.1) is 0 Å². The number of carboxylic acid groups (broad SMARTS) is 2. The van der Waals surface area contributed by atoms with E-state index in [9.17, 15) is 9.59 Å². The molecule has 0 bridgehead atoms. The molecule has 0 aromatic carbocycles. The molecule has 0 aliphatic rings. The summed E-state index contributed by atoms with van der Waals surface area (Å²) in [4.78, 5) is 22.4. The first kappa shape index (κ1) is 7.61. The van der Waals surface area contributed by atoms with E-state index in [0.29, 0.717) is 6.21 Å². The van der Waals surface area contributed by atoms with Crippen LogP contribution in [0.3, 0.4) is 0 Å². The van der Waals surface area contributed by atoms with E-state index in [1.165, 1.54) is 0 Å². The second kappa shape index (κ2) is 3.59. The number of nitrogens with zero attached hydrogens (tertiary/aromatic N) is 1. The number of hydrogen-bond donors (Lipinski definition) is 2. The molecule has 0 spiro atoms. The Hall–Kier alpha value is -1.39. The third kappa shape index (κ3) is 6.61. The lowest BCUT2D eigenvalue weighted by atomic mass is 10.6. The van der Waals surface area contributed by atoms with E-state index in [1.807, 2.05) is 0 Å². The molecule has 50 valence electrons. The first-order valence-electron chi connectivity index (χ1n) is 2.07. The topological polar surface area (TPSA) is 87.0 Å². The van der Waals surface area contributed by atoms with E-state index < -0.39 is 18.5 Å². The molecule has 0 aliphatic carbocycles. The standard InChI is InChI=1S/C4H5NO4/c6-3(7)1-5-2-4(8)9/h1H,2H2,(H,6,7)(H,8,9). The van der Waals surface area contributed by atoms with Crippen LogP contribution in [0.15, 0.2) is 4.99 Å². The van der Waals surface area contributed by atoms with Gasteiger partial charge in [0.05, 0.1) is 0 Å². The summed E-state index contributed by atoms with van der Waals surface area (Å²) in [6, 6.07) is 0.